The van der Waals surface area contributed by atoms with Gasteiger partial charge in [0.1, 0.15) is 0 Å². The van der Waals surface area contributed by atoms with Gasteiger partial charge in [0.05, 0.1) is 19.8 Å². The van der Waals surface area contributed by atoms with E-state index in [4.69, 9.17) is 14.2 Å². The molecule has 8 amide bonds. The van der Waals surface area contributed by atoms with Crippen molar-refractivity contribution in [3.8, 4) is 0 Å². The number of hydrogen-bond acceptors (Lipinski definition) is 11. The third-order valence-electron chi connectivity index (χ3n) is 4.76. The molecule has 0 aromatic rings. The normalized spacial score (nSPS) is 27.0. The molecule has 0 aliphatic carbocycles. The summed E-state index contributed by atoms with van der Waals surface area (Å²) in [4.78, 5) is 78.8. The third-order valence-corrected chi connectivity index (χ3v) is 4.76. The van der Waals surface area contributed by atoms with Crippen LogP contribution in [-0.2, 0) is 33.4 Å². The van der Waals surface area contributed by atoms with Gasteiger partial charge in [-0.1, -0.05) is 0 Å². The number of barbiturate groups is 2. The van der Waals surface area contributed by atoms with Crippen LogP contribution in [0.25, 0.3) is 0 Å². The molecule has 0 saturated carbocycles. The smallest absolute Gasteiger partial charge is 0.376 e. The highest BCUT2D eigenvalue weighted by atomic mass is 16.8. The van der Waals surface area contributed by atoms with Crippen LogP contribution in [0.15, 0.2) is 4.99 Å². The van der Waals surface area contributed by atoms with E-state index in [1.54, 1.807) is 10.6 Å². The predicted octanol–water partition coefficient (Wildman–Crippen LogP) is -4.07. The maximum Gasteiger partial charge on any atom is 0.376 e. The van der Waals surface area contributed by atoms with Crippen LogP contribution in [-0.4, -0.2) is 97.3 Å². The van der Waals surface area contributed by atoms with Crippen molar-refractivity contribution in [3.05, 3.63) is 0 Å². The Morgan fingerprint density at radius 2 is 1.37 bits per heavy atom. The van der Waals surface area contributed by atoms with Crippen LogP contribution in [0.1, 0.15) is 0 Å². The zero-order valence-electron chi connectivity index (χ0n) is 15.3. The number of hydrogen-bond donors (Lipinski definition) is 4. The van der Waals surface area contributed by atoms with Crippen LogP contribution < -0.4 is 21.3 Å². The van der Waals surface area contributed by atoms with Crippen molar-refractivity contribution in [1.82, 2.24) is 26.2 Å². The van der Waals surface area contributed by atoms with Crippen LogP contribution in [0.4, 0.5) is 9.59 Å². The summed E-state index contributed by atoms with van der Waals surface area (Å²) in [6, 6.07) is -2.26. The molecule has 0 aromatic carbocycles. The fourth-order valence-corrected chi connectivity index (χ4v) is 3.24. The number of carbonyl (C=O) groups is 6. The summed E-state index contributed by atoms with van der Waals surface area (Å²) in [5.41, 5.74) is -2.71. The van der Waals surface area contributed by atoms with Crippen LogP contribution in [0.5, 0.6) is 0 Å². The quantitative estimate of drug-likeness (QED) is 0.324. The lowest BCUT2D eigenvalue weighted by molar-refractivity contribution is -0.202. The number of rotatable bonds is 3. The number of amides is 8. The second kappa shape index (κ2) is 7.12. The number of morpholine rings is 1. The van der Waals surface area contributed by atoms with Gasteiger partial charge >= 0.3 is 35.3 Å². The van der Waals surface area contributed by atoms with Gasteiger partial charge in [-0.3, -0.25) is 55.1 Å². The van der Waals surface area contributed by atoms with Crippen molar-refractivity contribution in [2.45, 2.75) is 11.4 Å². The Hall–Kier alpha value is -3.43. The van der Waals surface area contributed by atoms with Crippen molar-refractivity contribution in [2.24, 2.45) is 4.99 Å². The molecular weight excluding hydrogens is 408 g/mol. The van der Waals surface area contributed by atoms with Crippen LogP contribution in [0.3, 0.4) is 0 Å². The van der Waals surface area contributed by atoms with Gasteiger partial charge in [0.15, 0.2) is 0 Å². The largest absolute Gasteiger partial charge is 0.428 e. The summed E-state index contributed by atoms with van der Waals surface area (Å²) in [6.07, 6.45) is 0. The first-order chi connectivity index (χ1) is 14.3. The van der Waals surface area contributed by atoms with Gasteiger partial charge in [-0.15, -0.1) is 0 Å². The summed E-state index contributed by atoms with van der Waals surface area (Å²) in [5.74, 6) is -8.86. The molecule has 4 heterocycles. The van der Waals surface area contributed by atoms with E-state index in [1.165, 1.54) is 0 Å². The summed E-state index contributed by atoms with van der Waals surface area (Å²) in [5, 5.41) is 7.17. The summed E-state index contributed by atoms with van der Waals surface area (Å²) >= 11 is 0. The molecule has 4 aliphatic rings. The number of aliphatic imine (C=N–C) groups is 1. The maximum absolute atomic E-state index is 12.6. The second-order valence-corrected chi connectivity index (χ2v) is 6.62. The number of imide groups is 4. The number of nitrogens with one attached hydrogen (secondary N) is 4. The fourth-order valence-electron chi connectivity index (χ4n) is 3.24. The molecule has 4 saturated heterocycles. The molecule has 0 aromatic heterocycles. The average Bonchev–Trinajstić information content (AvgIpc) is 3.04. The first-order valence-electron chi connectivity index (χ1n) is 8.86. The van der Waals surface area contributed by atoms with Crippen molar-refractivity contribution in [1.29, 1.82) is 0 Å². The second-order valence-electron chi connectivity index (χ2n) is 6.62. The summed E-state index contributed by atoms with van der Waals surface area (Å²) in [6.45, 7) is 2.74. The molecule has 0 atom stereocenters. The topological polar surface area (TPSA) is 194 Å². The van der Waals surface area contributed by atoms with E-state index >= 15 is 0 Å². The molecule has 0 bridgehead atoms. The molecular formula is C15H16N6O9. The molecule has 2 spiro atoms. The number of ether oxygens (including phenoxy) is 3. The van der Waals surface area contributed by atoms with Crippen molar-refractivity contribution in [3.63, 3.8) is 0 Å². The maximum atomic E-state index is 12.6. The van der Waals surface area contributed by atoms with Gasteiger partial charge in [-0.25, -0.2) is 9.59 Å². The van der Waals surface area contributed by atoms with Crippen molar-refractivity contribution < 1.29 is 43.0 Å². The molecule has 15 heteroatoms. The summed E-state index contributed by atoms with van der Waals surface area (Å²) < 4.78 is 15.8. The molecule has 15 nitrogen and oxygen atoms in total. The van der Waals surface area contributed by atoms with E-state index in [9.17, 15) is 28.8 Å². The first kappa shape index (κ1) is 19.9. The summed E-state index contributed by atoms with van der Waals surface area (Å²) in [7, 11) is 0. The van der Waals surface area contributed by atoms with Gasteiger partial charge in [-0.2, -0.15) is 0 Å². The van der Waals surface area contributed by atoms with Gasteiger partial charge < -0.3 is 9.47 Å². The molecule has 160 valence electrons. The number of urea groups is 2. The molecule has 0 radical (unpaired) electrons. The highest BCUT2D eigenvalue weighted by Crippen LogP contribution is 2.37. The lowest BCUT2D eigenvalue weighted by Crippen LogP contribution is -2.72. The van der Waals surface area contributed by atoms with E-state index in [2.05, 4.69) is 4.99 Å². The van der Waals surface area contributed by atoms with Gasteiger partial charge in [0, 0.05) is 19.6 Å². The minimum absolute atomic E-state index is 0.00714. The van der Waals surface area contributed by atoms with E-state index in [-0.39, 0.29) is 6.54 Å². The van der Waals surface area contributed by atoms with E-state index in [0.717, 1.165) is 0 Å². The van der Waals surface area contributed by atoms with Gasteiger partial charge in [-0.05, 0) is 0 Å². The Bertz CT molecular complexity index is 853. The molecule has 0 unspecified atom stereocenters. The van der Waals surface area contributed by atoms with Crippen molar-refractivity contribution >= 4 is 41.6 Å². The SMILES string of the molecule is O=C1NC(=O)C2(OC(=NCCN3CCOCC3)C3(O2)C(=O)NC(=O)NC3=O)C(=O)N1. The Kier molecular flexibility index (Phi) is 4.71. The lowest BCUT2D eigenvalue weighted by Gasteiger charge is -2.30. The fraction of sp³-hybridized carbons (Fsp3) is 0.533. The van der Waals surface area contributed by atoms with Crippen molar-refractivity contribution in [2.75, 3.05) is 39.4 Å². The Labute approximate surface area is 167 Å². The monoisotopic (exact) mass is 424 g/mol. The Balaban J connectivity index is 1.67. The van der Waals surface area contributed by atoms with Crippen LogP contribution in [0.2, 0.25) is 0 Å². The number of carbonyl (C=O) groups excluding carboxylic acids is 6. The highest BCUT2D eigenvalue weighted by molar-refractivity contribution is 6.36. The van der Waals surface area contributed by atoms with Gasteiger partial charge in [0.25, 0.3) is 11.8 Å². The van der Waals surface area contributed by atoms with E-state index in [0.29, 0.717) is 32.8 Å². The van der Waals surface area contributed by atoms with Crippen LogP contribution >= 0.6 is 0 Å². The predicted molar refractivity (Wildman–Crippen MR) is 90.6 cm³/mol. The number of nitrogens with zero attached hydrogens (tertiary/aromatic N) is 2. The minimum atomic E-state index is -2.86. The van der Waals surface area contributed by atoms with Crippen LogP contribution in [0, 0.1) is 0 Å². The van der Waals surface area contributed by atoms with E-state index < -0.39 is 53.0 Å². The lowest BCUT2D eigenvalue weighted by atomic mass is 9.99. The molecule has 4 aliphatic heterocycles. The highest BCUT2D eigenvalue weighted by Gasteiger charge is 2.74. The van der Waals surface area contributed by atoms with Gasteiger partial charge in [0.2, 0.25) is 5.90 Å². The molecule has 4 N–H and O–H groups in total. The van der Waals surface area contributed by atoms with E-state index in [1.807, 2.05) is 15.5 Å². The Morgan fingerprint density at radius 1 is 0.833 bits per heavy atom. The molecule has 30 heavy (non-hydrogen) atoms. The zero-order chi connectivity index (χ0) is 21.5. The Morgan fingerprint density at radius 3 is 1.93 bits per heavy atom. The first-order valence-corrected chi connectivity index (χ1v) is 8.86. The third kappa shape index (κ3) is 2.99. The zero-order valence-corrected chi connectivity index (χ0v) is 15.3. The average molecular weight is 424 g/mol. The standard InChI is InChI=1S/C15H16N6O9/c22-7-14(8(23)18-12(26)17-7)11(16-1-2-21-3-5-28-6-4-21)29-15(30-14)9(24)19-13(27)20-10(15)25/h1-6H2,(H2,17,18,22,23,26)(H2,19,20,24,25,27). The minimum Gasteiger partial charge on any atom is -0.428 e. The molecule has 4 rings (SSSR count). The molecule has 4 fully saturated rings.